The van der Waals surface area contributed by atoms with Gasteiger partial charge in [0.05, 0.1) is 22.7 Å². The van der Waals surface area contributed by atoms with E-state index in [0.717, 1.165) is 38.9 Å². The van der Waals surface area contributed by atoms with Crippen molar-refractivity contribution in [3.8, 4) is 22.3 Å². The Bertz CT molecular complexity index is 1100. The zero-order chi connectivity index (χ0) is 18.8. The highest BCUT2D eigenvalue weighted by Crippen LogP contribution is 2.34. The highest BCUT2D eigenvalue weighted by atomic mass is 35.5. The lowest BCUT2D eigenvalue weighted by Crippen LogP contribution is -1.98. The molecule has 5 heteroatoms. The third-order valence-electron chi connectivity index (χ3n) is 4.61. The van der Waals surface area contributed by atoms with Crippen LogP contribution < -0.4 is 0 Å². The fourth-order valence-corrected chi connectivity index (χ4v) is 3.48. The lowest BCUT2D eigenvalue weighted by molar-refractivity contribution is -0.136. The Kier molecular flexibility index (Phi) is 4.65. The molecule has 0 radical (unpaired) electrons. The zero-order valence-electron chi connectivity index (χ0n) is 14.4. The second-order valence-corrected chi connectivity index (χ2v) is 6.79. The topological polar surface area (TPSA) is 66.0 Å². The van der Waals surface area contributed by atoms with Crippen molar-refractivity contribution in [3.63, 3.8) is 0 Å². The molecule has 134 valence electrons. The number of aryl methyl sites for hydroxylation is 1. The van der Waals surface area contributed by atoms with Gasteiger partial charge in [-0.2, -0.15) is 5.10 Å². The number of aromatic amines is 1. The summed E-state index contributed by atoms with van der Waals surface area (Å²) in [4.78, 5) is 10.9. The van der Waals surface area contributed by atoms with Crippen molar-refractivity contribution in [2.45, 2.75) is 12.8 Å². The second kappa shape index (κ2) is 7.25. The zero-order valence-corrected chi connectivity index (χ0v) is 15.2. The summed E-state index contributed by atoms with van der Waals surface area (Å²) in [6.45, 7) is 0. The number of H-pyrrole nitrogens is 1. The molecule has 0 aliphatic heterocycles. The summed E-state index contributed by atoms with van der Waals surface area (Å²) in [6, 6.07) is 22.3. The standard InChI is InChI=1S/C22H17ClN2O2/c23-19-13-21-18(20(24-25-21)10-11-22(26)27)12-17(19)16-8-6-15(7-9-16)14-4-2-1-3-5-14/h1-9,12-13H,10-11H2,(H,24,25)(H,26,27). The Hall–Kier alpha value is -3.11. The van der Waals surface area contributed by atoms with Crippen molar-refractivity contribution in [2.24, 2.45) is 0 Å². The average Bonchev–Trinajstić information content (AvgIpc) is 3.08. The largest absolute Gasteiger partial charge is 0.481 e. The molecule has 1 heterocycles. The van der Waals surface area contributed by atoms with Crippen molar-refractivity contribution in [1.82, 2.24) is 10.2 Å². The molecule has 0 bridgehead atoms. The SMILES string of the molecule is O=C(O)CCc1n[nH]c2cc(Cl)c(-c3ccc(-c4ccccc4)cc3)cc12. The number of fused-ring (bicyclic) bond motifs is 1. The Balaban J connectivity index is 1.71. The molecule has 0 amide bonds. The molecule has 4 aromatic rings. The highest BCUT2D eigenvalue weighted by Gasteiger charge is 2.12. The maximum Gasteiger partial charge on any atom is 0.303 e. The number of aliphatic carboxylic acids is 1. The van der Waals surface area contributed by atoms with Crippen molar-refractivity contribution < 1.29 is 9.90 Å². The van der Waals surface area contributed by atoms with Gasteiger partial charge in [0.25, 0.3) is 0 Å². The van der Waals surface area contributed by atoms with Crippen molar-refractivity contribution in [3.05, 3.63) is 77.4 Å². The van der Waals surface area contributed by atoms with E-state index in [-0.39, 0.29) is 6.42 Å². The highest BCUT2D eigenvalue weighted by molar-refractivity contribution is 6.34. The lowest BCUT2D eigenvalue weighted by atomic mass is 9.99. The number of nitrogens with zero attached hydrogens (tertiary/aromatic N) is 1. The van der Waals surface area contributed by atoms with Crippen LogP contribution in [0.2, 0.25) is 5.02 Å². The molecule has 4 nitrogen and oxygen atoms in total. The number of carboxylic acid groups (broad SMARTS) is 1. The Morgan fingerprint density at radius 3 is 2.33 bits per heavy atom. The lowest BCUT2D eigenvalue weighted by Gasteiger charge is -2.08. The summed E-state index contributed by atoms with van der Waals surface area (Å²) < 4.78 is 0. The number of benzene rings is 3. The van der Waals surface area contributed by atoms with Gasteiger partial charge in [-0.25, -0.2) is 0 Å². The summed E-state index contributed by atoms with van der Waals surface area (Å²) in [5, 5.41) is 17.6. The second-order valence-electron chi connectivity index (χ2n) is 6.39. The van der Waals surface area contributed by atoms with Crippen LogP contribution in [0.1, 0.15) is 12.1 Å². The van der Waals surface area contributed by atoms with Crippen LogP contribution in [0, 0.1) is 0 Å². The third kappa shape index (κ3) is 3.57. The summed E-state index contributed by atoms with van der Waals surface area (Å²) >= 11 is 6.49. The van der Waals surface area contributed by atoms with Gasteiger partial charge in [0, 0.05) is 17.4 Å². The smallest absolute Gasteiger partial charge is 0.303 e. The summed E-state index contributed by atoms with van der Waals surface area (Å²) in [7, 11) is 0. The van der Waals surface area contributed by atoms with E-state index in [1.54, 1.807) is 0 Å². The average molecular weight is 377 g/mol. The van der Waals surface area contributed by atoms with E-state index in [1.807, 2.05) is 42.5 Å². The van der Waals surface area contributed by atoms with Crippen LogP contribution in [-0.2, 0) is 11.2 Å². The summed E-state index contributed by atoms with van der Waals surface area (Å²) in [5.41, 5.74) is 5.77. The molecule has 0 aliphatic carbocycles. The van der Waals surface area contributed by atoms with Crippen molar-refractivity contribution in [2.75, 3.05) is 0 Å². The maximum absolute atomic E-state index is 10.9. The van der Waals surface area contributed by atoms with E-state index >= 15 is 0 Å². The molecular weight excluding hydrogens is 360 g/mol. The van der Waals surface area contributed by atoms with Gasteiger partial charge >= 0.3 is 5.97 Å². The number of nitrogens with one attached hydrogen (secondary N) is 1. The molecule has 1 aromatic heterocycles. The predicted molar refractivity (Wildman–Crippen MR) is 108 cm³/mol. The first-order valence-corrected chi connectivity index (χ1v) is 9.04. The Labute approximate surface area is 161 Å². The number of hydrogen-bond acceptors (Lipinski definition) is 2. The Morgan fingerprint density at radius 1 is 0.963 bits per heavy atom. The molecule has 0 saturated carbocycles. The molecule has 0 aliphatic rings. The van der Waals surface area contributed by atoms with Crippen LogP contribution in [0.5, 0.6) is 0 Å². The number of carboxylic acids is 1. The maximum atomic E-state index is 10.9. The number of rotatable bonds is 5. The van der Waals surface area contributed by atoms with Gasteiger partial charge in [0.2, 0.25) is 0 Å². The van der Waals surface area contributed by atoms with E-state index in [4.69, 9.17) is 16.7 Å². The minimum absolute atomic E-state index is 0.0453. The minimum Gasteiger partial charge on any atom is -0.481 e. The fourth-order valence-electron chi connectivity index (χ4n) is 3.20. The van der Waals surface area contributed by atoms with Gasteiger partial charge < -0.3 is 5.11 Å². The molecule has 0 saturated heterocycles. The third-order valence-corrected chi connectivity index (χ3v) is 4.92. The molecule has 0 atom stereocenters. The van der Waals surface area contributed by atoms with Gasteiger partial charge in [-0.05, 0) is 28.8 Å². The van der Waals surface area contributed by atoms with E-state index in [9.17, 15) is 4.79 Å². The van der Waals surface area contributed by atoms with Crippen LogP contribution in [0.15, 0.2) is 66.7 Å². The first-order chi connectivity index (χ1) is 13.1. The van der Waals surface area contributed by atoms with Crippen LogP contribution in [-0.4, -0.2) is 21.3 Å². The number of aromatic nitrogens is 2. The molecule has 2 N–H and O–H groups in total. The molecule has 3 aromatic carbocycles. The monoisotopic (exact) mass is 376 g/mol. The molecule has 0 spiro atoms. The van der Waals surface area contributed by atoms with Crippen molar-refractivity contribution >= 4 is 28.5 Å². The molecule has 27 heavy (non-hydrogen) atoms. The van der Waals surface area contributed by atoms with Gasteiger partial charge in [-0.1, -0.05) is 66.2 Å². The first kappa shape index (κ1) is 17.3. The predicted octanol–water partition coefficient (Wildman–Crippen LogP) is 5.57. The minimum atomic E-state index is -0.836. The van der Waals surface area contributed by atoms with E-state index in [2.05, 4.69) is 34.5 Å². The van der Waals surface area contributed by atoms with Crippen LogP contribution >= 0.6 is 11.6 Å². The Morgan fingerprint density at radius 2 is 1.63 bits per heavy atom. The van der Waals surface area contributed by atoms with Gasteiger partial charge in [-0.15, -0.1) is 0 Å². The van der Waals surface area contributed by atoms with Gasteiger partial charge in [0.15, 0.2) is 0 Å². The number of halogens is 1. The normalized spacial score (nSPS) is 11.0. The van der Waals surface area contributed by atoms with Gasteiger partial charge in [-0.3, -0.25) is 9.89 Å². The molecule has 0 unspecified atom stereocenters. The summed E-state index contributed by atoms with van der Waals surface area (Å²) in [5.74, 6) is -0.836. The molecular formula is C22H17ClN2O2. The van der Waals surface area contributed by atoms with Crippen LogP contribution in [0.25, 0.3) is 33.2 Å². The molecule has 4 rings (SSSR count). The quantitative estimate of drug-likeness (QED) is 0.478. The van der Waals surface area contributed by atoms with E-state index in [1.165, 1.54) is 0 Å². The first-order valence-electron chi connectivity index (χ1n) is 8.66. The fraction of sp³-hybridized carbons (Fsp3) is 0.0909. The molecule has 0 fully saturated rings. The summed E-state index contributed by atoms with van der Waals surface area (Å²) in [6.07, 6.45) is 0.424. The van der Waals surface area contributed by atoms with Gasteiger partial charge in [0.1, 0.15) is 0 Å². The number of carbonyl (C=O) groups is 1. The van der Waals surface area contributed by atoms with E-state index < -0.39 is 5.97 Å². The van der Waals surface area contributed by atoms with Crippen LogP contribution in [0.3, 0.4) is 0 Å². The van der Waals surface area contributed by atoms with Crippen LogP contribution in [0.4, 0.5) is 0 Å². The van der Waals surface area contributed by atoms with E-state index in [0.29, 0.717) is 11.4 Å². The number of hydrogen-bond donors (Lipinski definition) is 2. The van der Waals surface area contributed by atoms with Crippen molar-refractivity contribution in [1.29, 1.82) is 0 Å².